The Bertz CT molecular complexity index is 1110. The lowest BCUT2D eigenvalue weighted by molar-refractivity contribution is -0.146. The lowest BCUT2D eigenvalue weighted by Crippen LogP contribution is -2.49. The number of ether oxygens (including phenoxy) is 1. The van der Waals surface area contributed by atoms with Gasteiger partial charge in [-0.1, -0.05) is 42.5 Å². The highest BCUT2D eigenvalue weighted by Crippen LogP contribution is 2.65. The summed E-state index contributed by atoms with van der Waals surface area (Å²) in [6.07, 6.45) is 5.70. The van der Waals surface area contributed by atoms with Gasteiger partial charge in [0.1, 0.15) is 11.8 Å². The minimum Gasteiger partial charge on any atom is -0.497 e. The lowest BCUT2D eigenvalue weighted by atomic mass is 9.63. The van der Waals surface area contributed by atoms with Crippen molar-refractivity contribution in [2.24, 2.45) is 35.5 Å². The zero-order valence-electron chi connectivity index (χ0n) is 18.4. The molecule has 0 unspecified atom stereocenters. The molecular weight excluding hydrogens is 416 g/mol. The number of methoxy groups -OCH3 is 1. The van der Waals surface area contributed by atoms with Crippen LogP contribution in [0.25, 0.3) is 0 Å². The Kier molecular flexibility index (Phi) is 4.64. The normalized spacial score (nSPS) is 31.7. The van der Waals surface area contributed by atoms with Crippen LogP contribution in [0.5, 0.6) is 5.75 Å². The summed E-state index contributed by atoms with van der Waals surface area (Å²) >= 11 is 0. The molecule has 0 spiro atoms. The Balaban J connectivity index is 1.31. The van der Waals surface area contributed by atoms with E-state index < -0.39 is 6.04 Å². The average Bonchev–Trinajstić information content (AvgIpc) is 3.62. The van der Waals surface area contributed by atoms with E-state index >= 15 is 0 Å². The number of benzene rings is 2. The Hall–Kier alpha value is -3.41. The van der Waals surface area contributed by atoms with Gasteiger partial charge in [0, 0.05) is 12.1 Å². The van der Waals surface area contributed by atoms with Crippen molar-refractivity contribution in [3.63, 3.8) is 0 Å². The maximum Gasteiger partial charge on any atom is 0.248 e. The zero-order valence-corrected chi connectivity index (χ0v) is 18.4. The van der Waals surface area contributed by atoms with Gasteiger partial charge in [-0.2, -0.15) is 0 Å². The molecule has 0 aromatic heterocycles. The Labute approximate surface area is 192 Å². The van der Waals surface area contributed by atoms with Crippen LogP contribution in [0.15, 0.2) is 66.7 Å². The van der Waals surface area contributed by atoms with E-state index in [0.29, 0.717) is 23.3 Å². The molecule has 0 radical (unpaired) electrons. The molecule has 5 aliphatic rings. The van der Waals surface area contributed by atoms with E-state index in [0.717, 1.165) is 12.0 Å². The molecule has 3 fully saturated rings. The molecule has 7 rings (SSSR count). The first-order valence-corrected chi connectivity index (χ1v) is 11.6. The second-order valence-electron chi connectivity index (χ2n) is 9.62. The van der Waals surface area contributed by atoms with Crippen molar-refractivity contribution in [2.75, 3.05) is 12.4 Å². The summed E-state index contributed by atoms with van der Waals surface area (Å²) in [6, 6.07) is 15.7. The highest BCUT2D eigenvalue weighted by Gasteiger charge is 2.67. The maximum atomic E-state index is 13.7. The quantitative estimate of drug-likeness (QED) is 0.550. The number of allylic oxidation sites excluding steroid dienone is 2. The van der Waals surface area contributed by atoms with Crippen molar-refractivity contribution < 1.29 is 19.1 Å². The van der Waals surface area contributed by atoms with Gasteiger partial charge in [0.05, 0.1) is 18.9 Å². The molecule has 2 saturated carbocycles. The third-order valence-electron chi connectivity index (χ3n) is 7.94. The predicted molar refractivity (Wildman–Crippen MR) is 122 cm³/mol. The molecule has 1 N–H and O–H groups in total. The van der Waals surface area contributed by atoms with Crippen LogP contribution in [-0.4, -0.2) is 35.8 Å². The second kappa shape index (κ2) is 7.58. The van der Waals surface area contributed by atoms with E-state index in [1.807, 2.05) is 30.3 Å². The zero-order chi connectivity index (χ0) is 22.7. The van der Waals surface area contributed by atoms with Gasteiger partial charge in [-0.05, 0) is 59.9 Å². The van der Waals surface area contributed by atoms with Crippen LogP contribution in [-0.2, 0) is 20.8 Å². The van der Waals surface area contributed by atoms with E-state index in [1.54, 1.807) is 31.4 Å². The van der Waals surface area contributed by atoms with E-state index in [1.165, 1.54) is 4.90 Å². The molecule has 1 aliphatic heterocycles. The van der Waals surface area contributed by atoms with Gasteiger partial charge >= 0.3 is 0 Å². The predicted octanol–water partition coefficient (Wildman–Crippen LogP) is 3.30. The molecule has 1 heterocycles. The van der Waals surface area contributed by atoms with Gasteiger partial charge in [0.25, 0.3) is 0 Å². The molecule has 6 heteroatoms. The largest absolute Gasteiger partial charge is 0.497 e. The Morgan fingerprint density at radius 3 is 2.15 bits per heavy atom. The number of hydrogen-bond acceptors (Lipinski definition) is 4. The third kappa shape index (κ3) is 3.19. The Morgan fingerprint density at radius 1 is 0.970 bits per heavy atom. The molecule has 2 aromatic rings. The molecule has 33 heavy (non-hydrogen) atoms. The molecule has 2 aromatic carbocycles. The molecule has 4 aliphatic carbocycles. The Morgan fingerprint density at radius 2 is 1.58 bits per heavy atom. The highest BCUT2D eigenvalue weighted by molar-refractivity contribution is 6.10. The van der Waals surface area contributed by atoms with Crippen molar-refractivity contribution in [1.29, 1.82) is 0 Å². The summed E-state index contributed by atoms with van der Waals surface area (Å²) in [5, 5.41) is 2.91. The standard InChI is InChI=1S/C27H26N2O4/c1-33-17-9-7-16(8-10-17)28-25(30)22(13-15-5-3-2-4-6-15)29-26(31)23-18-11-12-19(21-14-20(18)21)24(23)27(29)32/h2-12,18-24H,13-14H2,1H3,(H,28,30)/t18-,19-,20-,21+,22-,23-,24+/m0/s1. The van der Waals surface area contributed by atoms with E-state index in [9.17, 15) is 14.4 Å². The summed E-state index contributed by atoms with van der Waals surface area (Å²) in [7, 11) is 1.58. The van der Waals surface area contributed by atoms with Crippen molar-refractivity contribution in [3.05, 3.63) is 72.3 Å². The molecule has 6 nitrogen and oxygen atoms in total. The number of hydrogen-bond donors (Lipinski definition) is 1. The minimum absolute atomic E-state index is 0.133. The van der Waals surface area contributed by atoms with E-state index in [-0.39, 0.29) is 47.8 Å². The van der Waals surface area contributed by atoms with Crippen molar-refractivity contribution in [3.8, 4) is 5.75 Å². The number of likely N-dealkylation sites (tertiary alicyclic amines) is 1. The van der Waals surface area contributed by atoms with Crippen molar-refractivity contribution in [2.45, 2.75) is 18.9 Å². The topological polar surface area (TPSA) is 75.7 Å². The van der Waals surface area contributed by atoms with E-state index in [4.69, 9.17) is 4.74 Å². The number of rotatable bonds is 6. The van der Waals surface area contributed by atoms with Crippen LogP contribution in [0.1, 0.15) is 12.0 Å². The monoisotopic (exact) mass is 442 g/mol. The van der Waals surface area contributed by atoms with Gasteiger partial charge in [-0.25, -0.2) is 0 Å². The molecule has 3 amide bonds. The molecule has 2 bridgehead atoms. The third-order valence-corrected chi connectivity index (χ3v) is 7.94. The van der Waals surface area contributed by atoms with Gasteiger partial charge < -0.3 is 10.1 Å². The fourth-order valence-corrected chi connectivity index (χ4v) is 6.33. The first kappa shape index (κ1) is 20.2. The molecular formula is C27H26N2O4. The number of carbonyl (C=O) groups is 3. The smallest absolute Gasteiger partial charge is 0.248 e. The summed E-state index contributed by atoms with van der Waals surface area (Å²) in [6.45, 7) is 0. The number of carbonyl (C=O) groups excluding carboxylic acids is 3. The average molecular weight is 443 g/mol. The van der Waals surface area contributed by atoms with Crippen LogP contribution in [0, 0.1) is 35.5 Å². The second-order valence-corrected chi connectivity index (χ2v) is 9.62. The fraction of sp³-hybridized carbons (Fsp3) is 0.370. The number of amides is 3. The number of anilines is 1. The summed E-state index contributed by atoms with van der Waals surface area (Å²) in [5.74, 6) is 0.658. The number of imide groups is 1. The SMILES string of the molecule is COc1ccc(NC(=O)[C@H](Cc2ccccc2)N2C(=O)[C@@H]3[C@H]4C=C[C@@H]([C@@H]5C[C@H]45)[C@@H]3C2=O)cc1. The fourth-order valence-electron chi connectivity index (χ4n) is 6.33. The van der Waals surface area contributed by atoms with E-state index in [2.05, 4.69) is 17.5 Å². The molecule has 7 atom stereocenters. The van der Waals surface area contributed by atoms with Crippen LogP contribution < -0.4 is 10.1 Å². The number of nitrogens with one attached hydrogen (secondary N) is 1. The molecule has 168 valence electrons. The number of nitrogens with zero attached hydrogens (tertiary/aromatic N) is 1. The van der Waals surface area contributed by atoms with Crippen molar-refractivity contribution >= 4 is 23.4 Å². The van der Waals surface area contributed by atoms with Crippen LogP contribution >= 0.6 is 0 Å². The van der Waals surface area contributed by atoms with Gasteiger partial charge in [0.15, 0.2) is 0 Å². The van der Waals surface area contributed by atoms with Gasteiger partial charge in [-0.3, -0.25) is 19.3 Å². The summed E-state index contributed by atoms with van der Waals surface area (Å²) < 4.78 is 5.19. The van der Waals surface area contributed by atoms with Gasteiger partial charge in [0.2, 0.25) is 17.7 Å². The lowest BCUT2D eigenvalue weighted by Gasteiger charge is -2.37. The van der Waals surface area contributed by atoms with Crippen LogP contribution in [0.2, 0.25) is 0 Å². The van der Waals surface area contributed by atoms with Crippen molar-refractivity contribution in [1.82, 2.24) is 4.90 Å². The first-order chi connectivity index (χ1) is 16.1. The maximum absolute atomic E-state index is 13.7. The summed E-state index contributed by atoms with van der Waals surface area (Å²) in [5.41, 5.74) is 1.50. The molecule has 1 saturated heterocycles. The van der Waals surface area contributed by atoms with Gasteiger partial charge in [-0.15, -0.1) is 0 Å². The highest BCUT2D eigenvalue weighted by atomic mass is 16.5. The van der Waals surface area contributed by atoms with Crippen LogP contribution in [0.4, 0.5) is 5.69 Å². The summed E-state index contributed by atoms with van der Waals surface area (Å²) in [4.78, 5) is 42.1. The minimum atomic E-state index is -0.893. The first-order valence-electron chi connectivity index (χ1n) is 11.6. The van der Waals surface area contributed by atoms with Crippen LogP contribution in [0.3, 0.4) is 0 Å².